The second-order valence-corrected chi connectivity index (χ2v) is 15.1. The third-order valence-electron chi connectivity index (χ3n) is 8.21. The van der Waals surface area contributed by atoms with Crippen LogP contribution in [-0.2, 0) is 21.9 Å². The van der Waals surface area contributed by atoms with Gasteiger partial charge in [-0.2, -0.15) is 18.2 Å². The standard InChI is InChI=1S/C33H37N7O3S2/c1-22-9-11-25(12-10-22)40-31(21-30(36-40)33(2,3)4)35-32(41)34-27-8-6-5-7-24(27)19-23-15-17-39(18-16-23)45(42,43)26-13-14-28-29(20-26)38-44-37-28/h5-14,20-21,23H,15-19H2,1-4H3,(H2,34,35,41). The number of carbonyl (C=O) groups is 1. The van der Waals surface area contributed by atoms with E-state index in [1.807, 2.05) is 61.5 Å². The lowest BCUT2D eigenvalue weighted by molar-refractivity contribution is 0.261. The lowest BCUT2D eigenvalue weighted by Crippen LogP contribution is -2.38. The molecule has 0 atom stereocenters. The van der Waals surface area contributed by atoms with Crippen molar-refractivity contribution in [2.24, 2.45) is 5.92 Å². The van der Waals surface area contributed by atoms with E-state index in [0.717, 1.165) is 59.2 Å². The number of benzene rings is 3. The van der Waals surface area contributed by atoms with Crippen LogP contribution in [0.15, 0.2) is 77.7 Å². The Labute approximate surface area is 267 Å². The number of sulfonamides is 1. The number of urea groups is 1. The minimum absolute atomic E-state index is 0.198. The molecule has 1 aliphatic rings. The van der Waals surface area contributed by atoms with Gasteiger partial charge in [0.15, 0.2) is 0 Å². The van der Waals surface area contributed by atoms with E-state index >= 15 is 0 Å². The van der Waals surface area contributed by atoms with Crippen molar-refractivity contribution in [1.29, 1.82) is 0 Å². The largest absolute Gasteiger partial charge is 0.324 e. The lowest BCUT2D eigenvalue weighted by Gasteiger charge is -2.31. The Morgan fingerprint density at radius 2 is 1.64 bits per heavy atom. The van der Waals surface area contributed by atoms with Crippen LogP contribution in [0.25, 0.3) is 16.7 Å². The molecule has 1 saturated heterocycles. The third-order valence-corrected chi connectivity index (χ3v) is 10.7. The molecule has 0 aliphatic carbocycles. The average Bonchev–Trinajstić information content (AvgIpc) is 3.66. The molecule has 0 unspecified atom stereocenters. The summed E-state index contributed by atoms with van der Waals surface area (Å²) in [5, 5.41) is 10.9. The van der Waals surface area contributed by atoms with Crippen molar-refractivity contribution in [2.45, 2.75) is 57.3 Å². The number of carbonyl (C=O) groups excluding carboxylic acids is 1. The summed E-state index contributed by atoms with van der Waals surface area (Å²) in [6, 6.07) is 22.3. The van der Waals surface area contributed by atoms with Gasteiger partial charge in [0, 0.05) is 30.3 Å². The van der Waals surface area contributed by atoms with E-state index in [-0.39, 0.29) is 22.3 Å². The van der Waals surface area contributed by atoms with Gasteiger partial charge < -0.3 is 5.32 Å². The Hall–Kier alpha value is -4.13. The summed E-state index contributed by atoms with van der Waals surface area (Å²) in [6.07, 6.45) is 2.19. The van der Waals surface area contributed by atoms with Crippen LogP contribution in [0, 0.1) is 12.8 Å². The van der Waals surface area contributed by atoms with Gasteiger partial charge in [0.25, 0.3) is 0 Å². The van der Waals surface area contributed by atoms with Crippen LogP contribution in [0.4, 0.5) is 16.3 Å². The summed E-state index contributed by atoms with van der Waals surface area (Å²) in [5.41, 5.74) is 5.71. The molecule has 5 aromatic rings. The molecule has 0 bridgehead atoms. The summed E-state index contributed by atoms with van der Waals surface area (Å²) in [4.78, 5) is 13.6. The first-order valence-electron chi connectivity index (χ1n) is 15.0. The highest BCUT2D eigenvalue weighted by molar-refractivity contribution is 7.89. The SMILES string of the molecule is Cc1ccc(-n2nc(C(C)(C)C)cc2NC(=O)Nc2ccccc2CC2CCN(S(=O)(=O)c3ccc4nsnc4c3)CC2)cc1. The normalized spacial score (nSPS) is 14.9. The van der Waals surface area contributed by atoms with Crippen molar-refractivity contribution in [3.05, 3.63) is 89.6 Å². The van der Waals surface area contributed by atoms with Crippen LogP contribution < -0.4 is 10.6 Å². The topological polar surface area (TPSA) is 122 Å². The van der Waals surface area contributed by atoms with Crippen molar-refractivity contribution >= 4 is 50.3 Å². The Kier molecular flexibility index (Phi) is 8.47. The van der Waals surface area contributed by atoms with E-state index in [9.17, 15) is 13.2 Å². The number of fused-ring (bicyclic) bond motifs is 1. The second kappa shape index (κ2) is 12.3. The fraction of sp³-hybridized carbons (Fsp3) is 0.333. The summed E-state index contributed by atoms with van der Waals surface area (Å²) >= 11 is 1.07. The molecule has 6 rings (SSSR count). The Balaban J connectivity index is 1.12. The smallest absolute Gasteiger partial charge is 0.307 e. The maximum absolute atomic E-state index is 13.3. The number of nitrogens with one attached hydrogen (secondary N) is 2. The molecule has 0 radical (unpaired) electrons. The van der Waals surface area contributed by atoms with Crippen molar-refractivity contribution in [3.63, 3.8) is 0 Å². The van der Waals surface area contributed by atoms with E-state index in [1.165, 1.54) is 0 Å². The van der Waals surface area contributed by atoms with E-state index in [2.05, 4.69) is 40.2 Å². The first-order valence-corrected chi connectivity index (χ1v) is 17.2. The lowest BCUT2D eigenvalue weighted by atomic mass is 9.90. The third kappa shape index (κ3) is 6.77. The number of piperidine rings is 1. The van der Waals surface area contributed by atoms with Crippen molar-refractivity contribution in [3.8, 4) is 5.69 Å². The predicted octanol–water partition coefficient (Wildman–Crippen LogP) is 6.77. The highest BCUT2D eigenvalue weighted by Crippen LogP contribution is 2.30. The van der Waals surface area contributed by atoms with Gasteiger partial charge in [-0.25, -0.2) is 17.9 Å². The molecule has 0 spiro atoms. The molecule has 2 amide bonds. The van der Waals surface area contributed by atoms with E-state index in [4.69, 9.17) is 5.10 Å². The van der Waals surface area contributed by atoms with Crippen LogP contribution in [0.2, 0.25) is 0 Å². The van der Waals surface area contributed by atoms with Gasteiger partial charge in [-0.15, -0.1) is 0 Å². The van der Waals surface area contributed by atoms with Crippen LogP contribution in [0.1, 0.15) is 50.4 Å². The molecule has 2 aromatic heterocycles. The molecular weight excluding hydrogens is 607 g/mol. The molecule has 45 heavy (non-hydrogen) atoms. The van der Waals surface area contributed by atoms with E-state index < -0.39 is 10.0 Å². The fourth-order valence-corrected chi connectivity index (χ4v) is 7.55. The number of hydrogen-bond donors (Lipinski definition) is 2. The Bertz CT molecular complexity index is 1930. The first-order chi connectivity index (χ1) is 21.5. The zero-order chi connectivity index (χ0) is 31.8. The van der Waals surface area contributed by atoms with Crippen LogP contribution in [0.5, 0.6) is 0 Å². The molecular formula is C33H37N7O3S2. The molecule has 12 heteroatoms. The number of rotatable bonds is 7. The highest BCUT2D eigenvalue weighted by Gasteiger charge is 2.30. The van der Waals surface area contributed by atoms with Gasteiger partial charge in [0.1, 0.15) is 16.9 Å². The number of hydrogen-bond acceptors (Lipinski definition) is 7. The monoisotopic (exact) mass is 643 g/mol. The minimum atomic E-state index is -3.62. The van der Waals surface area contributed by atoms with Crippen LogP contribution in [0.3, 0.4) is 0 Å². The number of aryl methyl sites for hydroxylation is 1. The van der Waals surface area contributed by atoms with E-state index in [0.29, 0.717) is 29.9 Å². The zero-order valence-corrected chi connectivity index (χ0v) is 27.5. The summed E-state index contributed by atoms with van der Waals surface area (Å²) in [5.74, 6) is 0.863. The number of amides is 2. The van der Waals surface area contributed by atoms with Gasteiger partial charge in [-0.1, -0.05) is 56.7 Å². The number of nitrogens with zero attached hydrogens (tertiary/aromatic N) is 5. The average molecular weight is 644 g/mol. The minimum Gasteiger partial charge on any atom is -0.307 e. The summed E-state index contributed by atoms with van der Waals surface area (Å²) in [7, 11) is -3.62. The van der Waals surface area contributed by atoms with Gasteiger partial charge >= 0.3 is 6.03 Å². The summed E-state index contributed by atoms with van der Waals surface area (Å²) < 4.78 is 38.4. The maximum atomic E-state index is 13.3. The van der Waals surface area contributed by atoms with Crippen molar-refractivity contribution in [2.75, 3.05) is 23.7 Å². The molecule has 3 heterocycles. The first kappa shape index (κ1) is 30.9. The van der Waals surface area contributed by atoms with Gasteiger partial charge in [0.05, 0.1) is 28.0 Å². The molecule has 10 nitrogen and oxygen atoms in total. The Morgan fingerprint density at radius 1 is 0.933 bits per heavy atom. The Morgan fingerprint density at radius 3 is 2.38 bits per heavy atom. The molecule has 2 N–H and O–H groups in total. The van der Waals surface area contributed by atoms with Crippen LogP contribution in [-0.4, -0.2) is 50.4 Å². The van der Waals surface area contributed by atoms with Crippen molar-refractivity contribution < 1.29 is 13.2 Å². The quantitative estimate of drug-likeness (QED) is 0.202. The zero-order valence-electron chi connectivity index (χ0n) is 25.8. The molecule has 0 saturated carbocycles. The van der Waals surface area contributed by atoms with Crippen molar-refractivity contribution in [1.82, 2.24) is 22.8 Å². The number of anilines is 2. The summed E-state index contributed by atoms with van der Waals surface area (Å²) in [6.45, 7) is 9.19. The highest BCUT2D eigenvalue weighted by atomic mass is 32.2. The fourth-order valence-electron chi connectivity index (χ4n) is 5.55. The van der Waals surface area contributed by atoms with Crippen LogP contribution >= 0.6 is 11.7 Å². The molecule has 3 aromatic carbocycles. The predicted molar refractivity (Wildman–Crippen MR) is 179 cm³/mol. The van der Waals surface area contributed by atoms with E-state index in [1.54, 1.807) is 27.2 Å². The maximum Gasteiger partial charge on any atom is 0.324 e. The second-order valence-electron chi connectivity index (χ2n) is 12.6. The molecule has 1 fully saturated rings. The van der Waals surface area contributed by atoms with Gasteiger partial charge in [-0.3, -0.25) is 5.32 Å². The molecule has 1 aliphatic heterocycles. The molecule has 234 valence electrons. The van der Waals surface area contributed by atoms with Gasteiger partial charge in [0.2, 0.25) is 10.0 Å². The van der Waals surface area contributed by atoms with Gasteiger partial charge in [-0.05, 0) is 74.1 Å². The number of aromatic nitrogens is 4. The number of para-hydroxylation sites is 1.